The number of halogens is 3. The van der Waals surface area contributed by atoms with Crippen LogP contribution in [0.25, 0.3) is 6.08 Å². The smallest absolute Gasteiger partial charge is 0.293 e. The number of hydrogen-bond donors (Lipinski definition) is 0. The van der Waals surface area contributed by atoms with Gasteiger partial charge in [-0.05, 0) is 73.5 Å². The van der Waals surface area contributed by atoms with E-state index < -0.39 is 17.0 Å². The van der Waals surface area contributed by atoms with Gasteiger partial charge in [-0.3, -0.25) is 14.5 Å². The van der Waals surface area contributed by atoms with Gasteiger partial charge in [-0.2, -0.15) is 0 Å². The summed E-state index contributed by atoms with van der Waals surface area (Å²) in [4.78, 5) is 26.2. The summed E-state index contributed by atoms with van der Waals surface area (Å²) < 4.78 is 20.8. The highest BCUT2D eigenvalue weighted by Crippen LogP contribution is 2.38. The number of carbonyl (C=O) groups is 2. The summed E-state index contributed by atoms with van der Waals surface area (Å²) in [7, 11) is 0. The second kappa shape index (κ2) is 9.07. The summed E-state index contributed by atoms with van der Waals surface area (Å²) in [6.07, 6.45) is 3.26. The molecule has 8 heteroatoms. The van der Waals surface area contributed by atoms with E-state index in [1.807, 2.05) is 0 Å². The second-order valence-electron chi connectivity index (χ2n) is 5.77. The van der Waals surface area contributed by atoms with Gasteiger partial charge in [0, 0.05) is 5.56 Å². The highest BCUT2D eigenvalue weighted by Gasteiger charge is 2.35. The van der Waals surface area contributed by atoms with Crippen molar-refractivity contribution in [3.05, 3.63) is 79.8 Å². The molecule has 0 atom stereocenters. The lowest BCUT2D eigenvalue weighted by Gasteiger charge is -2.13. The molecule has 0 N–H and O–H groups in total. The van der Waals surface area contributed by atoms with Crippen LogP contribution >= 0.6 is 43.6 Å². The van der Waals surface area contributed by atoms with E-state index in [2.05, 4.69) is 38.4 Å². The van der Waals surface area contributed by atoms with E-state index in [1.165, 1.54) is 6.07 Å². The fourth-order valence-corrected chi connectivity index (χ4v) is 4.82. The minimum atomic E-state index is -0.450. The molecule has 1 heterocycles. The number of nitrogens with zero attached hydrogens (tertiary/aromatic N) is 1. The van der Waals surface area contributed by atoms with E-state index in [-0.39, 0.29) is 11.4 Å². The first-order chi connectivity index (χ1) is 13.4. The van der Waals surface area contributed by atoms with Crippen LogP contribution in [0.4, 0.5) is 9.18 Å². The first kappa shape index (κ1) is 20.8. The average molecular weight is 527 g/mol. The number of amides is 2. The molecule has 28 heavy (non-hydrogen) atoms. The zero-order valence-electron chi connectivity index (χ0n) is 14.5. The van der Waals surface area contributed by atoms with Crippen molar-refractivity contribution >= 4 is 60.8 Å². The Morgan fingerprint density at radius 1 is 1.18 bits per heavy atom. The van der Waals surface area contributed by atoms with Gasteiger partial charge in [-0.25, -0.2) is 4.39 Å². The normalized spacial score (nSPS) is 15.4. The van der Waals surface area contributed by atoms with Crippen molar-refractivity contribution in [2.45, 2.75) is 6.54 Å². The number of thioether (sulfide) groups is 1. The molecule has 1 aliphatic heterocycles. The SMILES string of the molecule is C=CCOc1c(Br)cc(/C=C2\SC(=O)N(Cc3ccccc3F)C2=O)cc1Br. The van der Waals surface area contributed by atoms with Gasteiger partial charge in [0.05, 0.1) is 20.4 Å². The third kappa shape index (κ3) is 4.56. The lowest BCUT2D eigenvalue weighted by molar-refractivity contribution is -0.123. The van der Waals surface area contributed by atoms with Crippen molar-refractivity contribution in [1.29, 1.82) is 0 Å². The van der Waals surface area contributed by atoms with E-state index in [1.54, 1.807) is 42.5 Å². The predicted octanol–water partition coefficient (Wildman–Crippen LogP) is 6.15. The maximum atomic E-state index is 13.9. The summed E-state index contributed by atoms with van der Waals surface area (Å²) in [5, 5.41) is -0.427. The molecule has 0 radical (unpaired) electrons. The first-order valence-corrected chi connectivity index (χ1v) is 10.5. The Labute approximate surface area is 182 Å². The van der Waals surface area contributed by atoms with Gasteiger partial charge in [0.15, 0.2) is 0 Å². The van der Waals surface area contributed by atoms with Crippen molar-refractivity contribution < 1.29 is 18.7 Å². The molecule has 0 unspecified atom stereocenters. The van der Waals surface area contributed by atoms with Gasteiger partial charge in [-0.15, -0.1) is 0 Å². The Balaban J connectivity index is 1.83. The molecular weight excluding hydrogens is 513 g/mol. The summed E-state index contributed by atoms with van der Waals surface area (Å²) >= 11 is 7.71. The maximum absolute atomic E-state index is 13.9. The summed E-state index contributed by atoms with van der Waals surface area (Å²) in [5.41, 5.74) is 1.00. The van der Waals surface area contributed by atoms with E-state index >= 15 is 0 Å². The molecule has 0 bridgehead atoms. The van der Waals surface area contributed by atoms with Gasteiger partial charge in [-0.1, -0.05) is 30.9 Å². The molecule has 4 nitrogen and oxygen atoms in total. The monoisotopic (exact) mass is 525 g/mol. The summed E-state index contributed by atoms with van der Waals surface area (Å²) in [6, 6.07) is 9.65. The highest BCUT2D eigenvalue weighted by atomic mass is 79.9. The standard InChI is InChI=1S/C20H14Br2FNO3S/c1-2-7-27-18-14(21)8-12(9-15(18)22)10-17-19(25)24(20(26)28-17)11-13-5-3-4-6-16(13)23/h2-6,8-10H,1,7,11H2/b17-10-. The molecule has 1 aliphatic rings. The summed E-state index contributed by atoms with van der Waals surface area (Å²) in [6.45, 7) is 3.87. The van der Waals surface area contributed by atoms with Crippen molar-refractivity contribution in [3.8, 4) is 5.75 Å². The number of ether oxygens (including phenoxy) is 1. The third-order valence-corrected chi connectivity index (χ3v) is 5.91. The number of imide groups is 1. The van der Waals surface area contributed by atoms with Crippen LogP contribution in [0.5, 0.6) is 5.75 Å². The number of hydrogen-bond acceptors (Lipinski definition) is 4. The van der Waals surface area contributed by atoms with Crippen LogP contribution in [-0.4, -0.2) is 22.7 Å². The minimum Gasteiger partial charge on any atom is -0.487 e. The maximum Gasteiger partial charge on any atom is 0.293 e. The second-order valence-corrected chi connectivity index (χ2v) is 8.47. The summed E-state index contributed by atoms with van der Waals surface area (Å²) in [5.74, 6) is -0.282. The molecule has 0 saturated carbocycles. The van der Waals surface area contributed by atoms with Crippen LogP contribution in [0, 0.1) is 5.82 Å². The van der Waals surface area contributed by atoms with Gasteiger partial charge in [0.2, 0.25) is 0 Å². The zero-order valence-corrected chi connectivity index (χ0v) is 18.4. The zero-order chi connectivity index (χ0) is 20.3. The molecule has 2 aromatic carbocycles. The van der Waals surface area contributed by atoms with Crippen molar-refractivity contribution in [2.24, 2.45) is 0 Å². The molecule has 3 rings (SSSR count). The number of rotatable bonds is 6. The van der Waals surface area contributed by atoms with Gasteiger partial charge >= 0.3 is 0 Å². The topological polar surface area (TPSA) is 46.6 Å². The van der Waals surface area contributed by atoms with Crippen molar-refractivity contribution in [1.82, 2.24) is 4.90 Å². The van der Waals surface area contributed by atoms with Gasteiger partial charge < -0.3 is 4.74 Å². The lowest BCUT2D eigenvalue weighted by Crippen LogP contribution is -2.27. The number of carbonyl (C=O) groups excluding carboxylic acids is 2. The Morgan fingerprint density at radius 3 is 2.50 bits per heavy atom. The number of benzene rings is 2. The Hall–Kier alpha value is -1.90. The first-order valence-electron chi connectivity index (χ1n) is 8.12. The molecule has 1 fully saturated rings. The van der Waals surface area contributed by atoms with Crippen molar-refractivity contribution in [2.75, 3.05) is 6.61 Å². The fraction of sp³-hybridized carbons (Fsp3) is 0.100. The predicted molar refractivity (Wildman–Crippen MR) is 115 cm³/mol. The lowest BCUT2D eigenvalue weighted by atomic mass is 10.2. The Kier molecular flexibility index (Phi) is 6.74. The van der Waals surface area contributed by atoms with E-state index in [0.29, 0.717) is 32.4 Å². The van der Waals surface area contributed by atoms with Crippen LogP contribution in [0.1, 0.15) is 11.1 Å². The Bertz CT molecular complexity index is 970. The molecule has 2 amide bonds. The molecule has 0 spiro atoms. The van der Waals surface area contributed by atoms with E-state index in [9.17, 15) is 14.0 Å². The van der Waals surface area contributed by atoms with Crippen molar-refractivity contribution in [3.63, 3.8) is 0 Å². The third-order valence-electron chi connectivity index (χ3n) is 3.82. The van der Waals surface area contributed by atoms with Gasteiger partial charge in [0.1, 0.15) is 18.2 Å². The highest BCUT2D eigenvalue weighted by molar-refractivity contribution is 9.11. The fourth-order valence-electron chi connectivity index (χ4n) is 2.53. The Morgan fingerprint density at radius 2 is 1.86 bits per heavy atom. The van der Waals surface area contributed by atoms with Crippen LogP contribution < -0.4 is 4.74 Å². The van der Waals surface area contributed by atoms with Crippen LogP contribution in [0.15, 0.2) is 62.9 Å². The van der Waals surface area contributed by atoms with E-state index in [0.717, 1.165) is 16.7 Å². The molecule has 1 saturated heterocycles. The molecule has 0 aromatic heterocycles. The van der Waals surface area contributed by atoms with Gasteiger partial charge in [0.25, 0.3) is 11.1 Å². The average Bonchev–Trinajstić information content (AvgIpc) is 2.90. The minimum absolute atomic E-state index is 0.101. The largest absolute Gasteiger partial charge is 0.487 e. The van der Waals surface area contributed by atoms with E-state index in [4.69, 9.17) is 4.74 Å². The van der Waals surface area contributed by atoms with Crippen LogP contribution in [-0.2, 0) is 11.3 Å². The molecule has 144 valence electrons. The molecule has 2 aromatic rings. The van der Waals surface area contributed by atoms with Crippen LogP contribution in [0.3, 0.4) is 0 Å². The molecular formula is C20H14Br2FNO3S. The molecule has 0 aliphatic carbocycles. The quantitative estimate of drug-likeness (QED) is 0.334. The van der Waals surface area contributed by atoms with Crippen LogP contribution in [0.2, 0.25) is 0 Å².